The lowest BCUT2D eigenvalue weighted by atomic mass is 9.64. The minimum atomic E-state index is 0.283. The number of nitrogens with zero attached hydrogens (tertiary/aromatic N) is 2. The van der Waals surface area contributed by atoms with Gasteiger partial charge in [0.05, 0.1) is 17.7 Å². The van der Waals surface area contributed by atoms with Gasteiger partial charge in [0, 0.05) is 5.92 Å². The monoisotopic (exact) mass is 476 g/mol. The topological polar surface area (TPSA) is 47.6 Å². The fraction of sp³-hybridized carbons (Fsp3) is 0.529. The Morgan fingerprint density at radius 3 is 2.17 bits per heavy atom. The van der Waals surface area contributed by atoms with Crippen molar-refractivity contribution in [1.29, 1.82) is 10.5 Å². The van der Waals surface area contributed by atoms with Crippen molar-refractivity contribution < 1.29 is 0 Å². The van der Waals surface area contributed by atoms with Gasteiger partial charge in [-0.05, 0) is 134 Å². The molecule has 2 aromatic carbocycles. The van der Waals surface area contributed by atoms with Gasteiger partial charge in [0.25, 0.3) is 0 Å². The minimum Gasteiger partial charge on any atom is -0.198 e. The third-order valence-corrected chi connectivity index (χ3v) is 9.68. The van der Waals surface area contributed by atoms with E-state index in [0.717, 1.165) is 36.2 Å². The zero-order chi connectivity index (χ0) is 25.1. The van der Waals surface area contributed by atoms with E-state index in [1.807, 2.05) is 12.1 Å². The molecule has 4 atom stereocenters. The molecule has 4 unspecified atom stereocenters. The zero-order valence-corrected chi connectivity index (χ0v) is 22.0. The van der Waals surface area contributed by atoms with E-state index in [2.05, 4.69) is 62.4 Å². The largest absolute Gasteiger partial charge is 0.198 e. The van der Waals surface area contributed by atoms with Gasteiger partial charge in [-0.3, -0.25) is 0 Å². The summed E-state index contributed by atoms with van der Waals surface area (Å²) in [5.41, 5.74) is 7.75. The number of allylic oxidation sites excluding steroid dienone is 2. The van der Waals surface area contributed by atoms with Crippen molar-refractivity contribution in [2.75, 3.05) is 0 Å². The van der Waals surface area contributed by atoms with Crippen LogP contribution in [-0.2, 0) is 0 Å². The summed E-state index contributed by atoms with van der Waals surface area (Å²) in [5.74, 6) is 3.87. The standard InChI is InChI=1S/C34H40N2/c1-23-3-10-27(11-4-23)31-17-18-32(29-15-8-26(22-36)9-16-29)34(20-31)33-19-30(12-5-24(33)2)28-13-6-25(21-35)7-14-28/h8-10,15-18,20,23-25,28,30,33H,3-7,11-14,19H2,1-2H3. The average molecular weight is 477 g/mol. The SMILES string of the molecule is CC1CC=C(c2ccc(-c3ccc(C#N)cc3)c(C3CC(C4CCC(C#N)CC4)CCC3C)c2)CC1. The first kappa shape index (κ1) is 24.8. The molecule has 0 amide bonds. The molecule has 2 nitrogen and oxygen atoms in total. The predicted octanol–water partition coefficient (Wildman–Crippen LogP) is 9.28. The molecule has 5 rings (SSSR count). The Morgan fingerprint density at radius 1 is 0.778 bits per heavy atom. The second-order valence-corrected chi connectivity index (χ2v) is 12.0. The fourth-order valence-electron chi connectivity index (χ4n) is 7.22. The van der Waals surface area contributed by atoms with Crippen LogP contribution in [0.3, 0.4) is 0 Å². The lowest BCUT2D eigenvalue weighted by Crippen LogP contribution is -2.29. The smallest absolute Gasteiger partial charge is 0.0991 e. The number of hydrogen-bond acceptors (Lipinski definition) is 2. The van der Waals surface area contributed by atoms with E-state index in [-0.39, 0.29) is 5.92 Å². The van der Waals surface area contributed by atoms with Gasteiger partial charge in [-0.15, -0.1) is 0 Å². The molecule has 2 saturated carbocycles. The van der Waals surface area contributed by atoms with Crippen LogP contribution in [-0.4, -0.2) is 0 Å². The van der Waals surface area contributed by atoms with E-state index in [1.54, 1.807) is 0 Å². The predicted molar refractivity (Wildman–Crippen MR) is 148 cm³/mol. The highest BCUT2D eigenvalue weighted by molar-refractivity contribution is 5.74. The Kier molecular flexibility index (Phi) is 7.62. The third kappa shape index (κ3) is 5.30. The average Bonchev–Trinajstić information content (AvgIpc) is 2.93. The van der Waals surface area contributed by atoms with Crippen LogP contribution in [0.5, 0.6) is 0 Å². The van der Waals surface area contributed by atoms with Crippen LogP contribution in [0.4, 0.5) is 0 Å². The van der Waals surface area contributed by atoms with Crippen LogP contribution in [0.2, 0.25) is 0 Å². The fourth-order valence-corrected chi connectivity index (χ4v) is 7.22. The van der Waals surface area contributed by atoms with Crippen molar-refractivity contribution in [2.24, 2.45) is 29.6 Å². The lowest BCUT2D eigenvalue weighted by Gasteiger charge is -2.41. The molecule has 186 valence electrons. The summed E-state index contributed by atoms with van der Waals surface area (Å²) in [5, 5.41) is 18.7. The molecule has 0 saturated heterocycles. The maximum Gasteiger partial charge on any atom is 0.0991 e. The Labute approximate surface area is 218 Å². The first-order valence-electron chi connectivity index (χ1n) is 14.3. The maximum absolute atomic E-state index is 9.36. The van der Waals surface area contributed by atoms with E-state index >= 15 is 0 Å². The van der Waals surface area contributed by atoms with E-state index in [4.69, 9.17) is 0 Å². The highest BCUT2D eigenvalue weighted by Gasteiger charge is 2.36. The summed E-state index contributed by atoms with van der Waals surface area (Å²) in [4.78, 5) is 0. The molecule has 0 spiro atoms. The van der Waals surface area contributed by atoms with Crippen LogP contribution in [0.25, 0.3) is 16.7 Å². The van der Waals surface area contributed by atoms with Crippen LogP contribution in [0.1, 0.15) is 101 Å². The number of rotatable bonds is 4. The summed E-state index contributed by atoms with van der Waals surface area (Å²) in [6.45, 7) is 4.82. The highest BCUT2D eigenvalue weighted by Crippen LogP contribution is 2.49. The number of nitriles is 2. The molecule has 0 radical (unpaired) electrons. The van der Waals surface area contributed by atoms with Crippen LogP contribution in [0.15, 0.2) is 48.5 Å². The molecule has 0 N–H and O–H groups in total. The summed E-state index contributed by atoms with van der Waals surface area (Å²) < 4.78 is 0. The quantitative estimate of drug-likeness (QED) is 0.441. The van der Waals surface area contributed by atoms with Crippen molar-refractivity contribution in [1.82, 2.24) is 0 Å². The van der Waals surface area contributed by atoms with E-state index in [9.17, 15) is 10.5 Å². The summed E-state index contributed by atoms with van der Waals surface area (Å²) in [7, 11) is 0. The van der Waals surface area contributed by atoms with Gasteiger partial charge in [0.2, 0.25) is 0 Å². The van der Waals surface area contributed by atoms with Gasteiger partial charge in [0.15, 0.2) is 0 Å². The summed E-state index contributed by atoms with van der Waals surface area (Å²) in [6.07, 6.45) is 14.7. The third-order valence-electron chi connectivity index (χ3n) is 9.68. The van der Waals surface area contributed by atoms with E-state index < -0.39 is 0 Å². The minimum absolute atomic E-state index is 0.283. The molecule has 36 heavy (non-hydrogen) atoms. The first-order chi connectivity index (χ1) is 17.6. The summed E-state index contributed by atoms with van der Waals surface area (Å²) in [6, 6.07) is 20.2. The van der Waals surface area contributed by atoms with Gasteiger partial charge in [-0.2, -0.15) is 10.5 Å². The highest BCUT2D eigenvalue weighted by atomic mass is 14.4. The molecule has 0 aliphatic heterocycles. The molecular weight excluding hydrogens is 436 g/mol. The maximum atomic E-state index is 9.36. The molecular formula is C34H40N2. The second kappa shape index (κ2) is 11.0. The Hall–Kier alpha value is -2.84. The van der Waals surface area contributed by atoms with Gasteiger partial charge < -0.3 is 0 Å². The van der Waals surface area contributed by atoms with Crippen molar-refractivity contribution in [2.45, 2.75) is 84.0 Å². The lowest BCUT2D eigenvalue weighted by molar-refractivity contribution is 0.145. The first-order valence-corrected chi connectivity index (χ1v) is 14.3. The molecule has 2 fully saturated rings. The number of hydrogen-bond donors (Lipinski definition) is 0. The summed E-state index contributed by atoms with van der Waals surface area (Å²) >= 11 is 0. The van der Waals surface area contributed by atoms with Crippen LogP contribution in [0, 0.1) is 52.3 Å². The Morgan fingerprint density at radius 2 is 1.50 bits per heavy atom. The molecule has 3 aliphatic carbocycles. The zero-order valence-electron chi connectivity index (χ0n) is 22.0. The van der Waals surface area contributed by atoms with Gasteiger partial charge >= 0.3 is 0 Å². The molecule has 2 heteroatoms. The normalized spacial score (nSPS) is 30.6. The van der Waals surface area contributed by atoms with Crippen molar-refractivity contribution in [3.63, 3.8) is 0 Å². The van der Waals surface area contributed by atoms with Gasteiger partial charge in [-0.1, -0.05) is 50.3 Å². The van der Waals surface area contributed by atoms with Gasteiger partial charge in [0.1, 0.15) is 0 Å². The van der Waals surface area contributed by atoms with Crippen molar-refractivity contribution in [3.8, 4) is 23.3 Å². The van der Waals surface area contributed by atoms with Gasteiger partial charge in [-0.25, -0.2) is 0 Å². The molecule has 0 heterocycles. The van der Waals surface area contributed by atoms with Crippen LogP contribution >= 0.6 is 0 Å². The molecule has 0 bridgehead atoms. The van der Waals surface area contributed by atoms with E-state index in [1.165, 1.54) is 79.2 Å². The Bertz CT molecular complexity index is 1170. The molecule has 2 aromatic rings. The second-order valence-electron chi connectivity index (χ2n) is 12.0. The Balaban J connectivity index is 1.49. The van der Waals surface area contributed by atoms with Crippen molar-refractivity contribution >= 4 is 5.57 Å². The van der Waals surface area contributed by atoms with Crippen molar-refractivity contribution in [3.05, 3.63) is 65.2 Å². The molecule has 3 aliphatic rings. The van der Waals surface area contributed by atoms with E-state index in [0.29, 0.717) is 11.8 Å². The molecule has 0 aromatic heterocycles. The van der Waals surface area contributed by atoms with Crippen LogP contribution < -0.4 is 0 Å². The number of benzene rings is 2.